The van der Waals surface area contributed by atoms with E-state index in [4.69, 9.17) is 14.2 Å². The number of ether oxygens (including phenoxy) is 3. The SMILES string of the molecule is CC(C)(C)OC(=O)NC1(C(=O)OC(C)(C)C)CCOCC1. The first-order chi connectivity index (χ1) is 9.44. The Balaban J connectivity index is 2.84. The molecule has 0 atom stereocenters. The summed E-state index contributed by atoms with van der Waals surface area (Å²) in [6, 6.07) is 0. The van der Waals surface area contributed by atoms with Gasteiger partial charge in [-0.05, 0) is 41.5 Å². The van der Waals surface area contributed by atoms with Crippen LogP contribution < -0.4 is 5.32 Å². The molecule has 0 saturated carbocycles. The van der Waals surface area contributed by atoms with Crippen molar-refractivity contribution in [2.45, 2.75) is 71.1 Å². The van der Waals surface area contributed by atoms with Gasteiger partial charge in [-0.3, -0.25) is 0 Å². The molecule has 0 unspecified atom stereocenters. The average Bonchev–Trinajstić information content (AvgIpc) is 2.24. The Morgan fingerprint density at radius 3 is 1.86 bits per heavy atom. The van der Waals surface area contributed by atoms with Crippen LogP contribution in [0.1, 0.15) is 54.4 Å². The van der Waals surface area contributed by atoms with Crippen LogP contribution in [0, 0.1) is 0 Å². The van der Waals surface area contributed by atoms with E-state index in [2.05, 4.69) is 5.32 Å². The molecule has 6 nitrogen and oxygen atoms in total. The number of esters is 1. The summed E-state index contributed by atoms with van der Waals surface area (Å²) in [5.74, 6) is -0.441. The molecule has 0 bridgehead atoms. The molecular weight excluding hydrogens is 274 g/mol. The Hall–Kier alpha value is -1.30. The van der Waals surface area contributed by atoms with Gasteiger partial charge in [0.25, 0.3) is 0 Å². The highest BCUT2D eigenvalue weighted by atomic mass is 16.6. The van der Waals surface area contributed by atoms with Gasteiger partial charge in [0, 0.05) is 26.1 Å². The second-order valence-corrected chi connectivity index (χ2v) is 7.32. The third-order valence-electron chi connectivity index (χ3n) is 2.88. The van der Waals surface area contributed by atoms with Crippen LogP contribution in [-0.4, -0.2) is 42.0 Å². The minimum Gasteiger partial charge on any atom is -0.458 e. The summed E-state index contributed by atoms with van der Waals surface area (Å²) in [5.41, 5.74) is -2.31. The molecule has 1 saturated heterocycles. The maximum absolute atomic E-state index is 12.5. The van der Waals surface area contributed by atoms with Crippen molar-refractivity contribution in [3.05, 3.63) is 0 Å². The predicted molar refractivity (Wildman–Crippen MR) is 78.0 cm³/mol. The number of carbonyl (C=O) groups is 2. The summed E-state index contributed by atoms with van der Waals surface area (Å²) < 4.78 is 16.0. The van der Waals surface area contributed by atoms with Gasteiger partial charge < -0.3 is 19.5 Å². The fourth-order valence-electron chi connectivity index (χ4n) is 1.97. The van der Waals surface area contributed by atoms with E-state index in [1.165, 1.54) is 0 Å². The van der Waals surface area contributed by atoms with Crippen molar-refractivity contribution in [2.75, 3.05) is 13.2 Å². The van der Waals surface area contributed by atoms with Gasteiger partial charge >= 0.3 is 12.1 Å². The molecule has 1 aliphatic heterocycles. The molecule has 1 heterocycles. The van der Waals surface area contributed by atoms with Crippen LogP contribution in [0.3, 0.4) is 0 Å². The molecule has 0 aromatic rings. The Bertz CT molecular complexity index is 386. The van der Waals surface area contributed by atoms with Crippen molar-refractivity contribution in [3.8, 4) is 0 Å². The quantitative estimate of drug-likeness (QED) is 0.793. The van der Waals surface area contributed by atoms with E-state index < -0.39 is 28.8 Å². The van der Waals surface area contributed by atoms with E-state index in [1.807, 2.05) is 0 Å². The number of nitrogens with one attached hydrogen (secondary N) is 1. The number of hydrogen-bond acceptors (Lipinski definition) is 5. The fourth-order valence-corrected chi connectivity index (χ4v) is 1.97. The third-order valence-corrected chi connectivity index (χ3v) is 2.88. The first-order valence-corrected chi connectivity index (χ1v) is 7.26. The molecule has 0 aromatic heterocycles. The van der Waals surface area contributed by atoms with E-state index in [0.29, 0.717) is 26.1 Å². The Morgan fingerprint density at radius 1 is 0.952 bits per heavy atom. The molecular formula is C15H27NO5. The van der Waals surface area contributed by atoms with Crippen molar-refractivity contribution in [2.24, 2.45) is 0 Å². The summed E-state index contributed by atoms with van der Waals surface area (Å²) in [7, 11) is 0. The number of amides is 1. The highest BCUT2D eigenvalue weighted by Crippen LogP contribution is 2.25. The fraction of sp³-hybridized carbons (Fsp3) is 0.867. The lowest BCUT2D eigenvalue weighted by Crippen LogP contribution is -2.59. The van der Waals surface area contributed by atoms with Gasteiger partial charge in [0.05, 0.1) is 0 Å². The topological polar surface area (TPSA) is 73.9 Å². The molecule has 0 aliphatic carbocycles. The van der Waals surface area contributed by atoms with Gasteiger partial charge in [0.15, 0.2) is 0 Å². The number of carbonyl (C=O) groups excluding carboxylic acids is 2. The van der Waals surface area contributed by atoms with Gasteiger partial charge in [0.2, 0.25) is 0 Å². The van der Waals surface area contributed by atoms with Gasteiger partial charge in [0.1, 0.15) is 16.7 Å². The second kappa shape index (κ2) is 6.22. The summed E-state index contributed by atoms with van der Waals surface area (Å²) >= 11 is 0. The zero-order valence-corrected chi connectivity index (χ0v) is 13.9. The lowest BCUT2D eigenvalue weighted by molar-refractivity contribution is -0.167. The van der Waals surface area contributed by atoms with Crippen LogP contribution in [0.25, 0.3) is 0 Å². The van der Waals surface area contributed by atoms with Crippen molar-refractivity contribution < 1.29 is 23.8 Å². The molecule has 6 heteroatoms. The van der Waals surface area contributed by atoms with Crippen molar-refractivity contribution >= 4 is 12.1 Å². The van der Waals surface area contributed by atoms with Gasteiger partial charge in [-0.15, -0.1) is 0 Å². The molecule has 0 spiro atoms. The first kappa shape index (κ1) is 17.8. The molecule has 21 heavy (non-hydrogen) atoms. The molecule has 0 aromatic carbocycles. The minimum atomic E-state index is -1.08. The van der Waals surface area contributed by atoms with Gasteiger partial charge in [-0.25, -0.2) is 9.59 Å². The highest BCUT2D eigenvalue weighted by Gasteiger charge is 2.45. The van der Waals surface area contributed by atoms with Crippen LogP contribution in [0.2, 0.25) is 0 Å². The number of hydrogen-bond donors (Lipinski definition) is 1. The summed E-state index contributed by atoms with van der Waals surface area (Å²) in [6.45, 7) is 11.5. The molecule has 0 radical (unpaired) electrons. The third kappa shape index (κ3) is 5.91. The Labute approximate surface area is 126 Å². The zero-order valence-electron chi connectivity index (χ0n) is 13.9. The lowest BCUT2D eigenvalue weighted by Gasteiger charge is -2.37. The monoisotopic (exact) mass is 301 g/mol. The standard InChI is InChI=1S/C15H27NO5/c1-13(2,3)20-11(17)15(7-9-19-10-8-15)16-12(18)21-14(4,5)6/h7-10H2,1-6H3,(H,16,18). The van der Waals surface area contributed by atoms with Crippen molar-refractivity contribution in [1.82, 2.24) is 5.32 Å². The van der Waals surface area contributed by atoms with E-state index >= 15 is 0 Å². The largest absolute Gasteiger partial charge is 0.458 e. The summed E-state index contributed by atoms with van der Waals surface area (Å²) in [6.07, 6.45) is 0.137. The van der Waals surface area contributed by atoms with Crippen LogP contribution in [0.5, 0.6) is 0 Å². The molecule has 1 N–H and O–H groups in total. The van der Waals surface area contributed by atoms with Crippen molar-refractivity contribution in [1.29, 1.82) is 0 Å². The van der Waals surface area contributed by atoms with E-state index in [0.717, 1.165) is 0 Å². The minimum absolute atomic E-state index is 0.376. The van der Waals surface area contributed by atoms with E-state index in [-0.39, 0.29) is 0 Å². The first-order valence-electron chi connectivity index (χ1n) is 7.26. The highest BCUT2D eigenvalue weighted by molar-refractivity contribution is 5.86. The Kier molecular flexibility index (Phi) is 5.25. The van der Waals surface area contributed by atoms with Crippen LogP contribution in [0.15, 0.2) is 0 Å². The second-order valence-electron chi connectivity index (χ2n) is 7.32. The van der Waals surface area contributed by atoms with Crippen LogP contribution in [0.4, 0.5) is 4.79 Å². The smallest absolute Gasteiger partial charge is 0.408 e. The molecule has 1 aliphatic rings. The van der Waals surface area contributed by atoms with E-state index in [9.17, 15) is 9.59 Å². The molecule has 1 amide bonds. The van der Waals surface area contributed by atoms with E-state index in [1.54, 1.807) is 41.5 Å². The number of alkyl carbamates (subject to hydrolysis) is 1. The summed E-state index contributed by atoms with van der Waals surface area (Å²) in [5, 5.41) is 2.70. The predicted octanol–water partition coefficient (Wildman–Crippen LogP) is 2.40. The summed E-state index contributed by atoms with van der Waals surface area (Å²) in [4.78, 5) is 24.5. The lowest BCUT2D eigenvalue weighted by atomic mass is 9.90. The molecule has 1 fully saturated rings. The average molecular weight is 301 g/mol. The Morgan fingerprint density at radius 2 is 1.43 bits per heavy atom. The molecule has 1 rings (SSSR count). The maximum atomic E-state index is 12.5. The maximum Gasteiger partial charge on any atom is 0.408 e. The normalized spacial score (nSPS) is 18.8. The van der Waals surface area contributed by atoms with Crippen LogP contribution in [-0.2, 0) is 19.0 Å². The van der Waals surface area contributed by atoms with Crippen LogP contribution >= 0.6 is 0 Å². The zero-order chi connectivity index (χ0) is 16.3. The van der Waals surface area contributed by atoms with Crippen molar-refractivity contribution in [3.63, 3.8) is 0 Å². The molecule has 122 valence electrons. The number of rotatable bonds is 2. The van der Waals surface area contributed by atoms with Gasteiger partial charge in [-0.2, -0.15) is 0 Å². The van der Waals surface area contributed by atoms with Gasteiger partial charge in [-0.1, -0.05) is 0 Å².